The molecule has 3 rings (SSSR count). The first kappa shape index (κ1) is 19.5. The van der Waals surface area contributed by atoms with E-state index in [-0.39, 0.29) is 34.5 Å². The Morgan fingerprint density at radius 2 is 0.760 bits per heavy atom. The second-order valence-corrected chi connectivity index (χ2v) is 4.92. The van der Waals surface area contributed by atoms with Gasteiger partial charge in [-0.2, -0.15) is 0 Å². The molecule has 0 saturated heterocycles. The quantitative estimate of drug-likeness (QED) is 0.347. The molecule has 0 heterocycles. The van der Waals surface area contributed by atoms with E-state index in [2.05, 4.69) is 0 Å². The molecule has 6 nitrogen and oxygen atoms in total. The van der Waals surface area contributed by atoms with Gasteiger partial charge in [-0.1, -0.05) is 36.4 Å². The summed E-state index contributed by atoms with van der Waals surface area (Å²) < 4.78 is 0. The summed E-state index contributed by atoms with van der Waals surface area (Å²) in [6.07, 6.45) is 0. The van der Waals surface area contributed by atoms with Crippen LogP contribution in [0.3, 0.4) is 0 Å². The minimum absolute atomic E-state index is 0.0301. The fraction of sp³-hybridized carbons (Fsp3) is 0.0526. The molecular weight excluding hydrogens is 324 g/mol. The lowest BCUT2D eigenvalue weighted by Gasteiger charge is -1.97. The summed E-state index contributed by atoms with van der Waals surface area (Å²) in [5.41, 5.74) is 0.690. The van der Waals surface area contributed by atoms with Crippen LogP contribution < -0.4 is 0 Å². The molecule has 6 N–H and O–H groups in total. The number of para-hydroxylation sites is 5. The summed E-state index contributed by atoms with van der Waals surface area (Å²) in [7, 11) is 0. The van der Waals surface area contributed by atoms with Crippen molar-refractivity contribution in [1.82, 2.24) is 0 Å². The van der Waals surface area contributed by atoms with Crippen LogP contribution in [0.25, 0.3) is 0 Å². The molecule has 0 aliphatic carbocycles. The third-order valence-corrected chi connectivity index (χ3v) is 2.98. The number of phenolic OH excluding ortho intramolecular Hbond substituents is 6. The van der Waals surface area contributed by atoms with Crippen molar-refractivity contribution in [2.45, 2.75) is 6.92 Å². The highest BCUT2D eigenvalue weighted by Gasteiger charge is 1.98. The molecule has 0 unspecified atom stereocenters. The summed E-state index contributed by atoms with van der Waals surface area (Å²) in [4.78, 5) is 0. The van der Waals surface area contributed by atoms with E-state index >= 15 is 0 Å². The zero-order chi connectivity index (χ0) is 18.8. The molecule has 0 saturated carbocycles. The van der Waals surface area contributed by atoms with Gasteiger partial charge in [-0.3, -0.25) is 0 Å². The van der Waals surface area contributed by atoms with Gasteiger partial charge in [-0.15, -0.1) is 0 Å². The Morgan fingerprint density at radius 3 is 1.00 bits per heavy atom. The molecule has 0 spiro atoms. The van der Waals surface area contributed by atoms with Crippen molar-refractivity contribution < 1.29 is 30.6 Å². The predicted octanol–water partition coefficient (Wildman–Crippen LogP) is 3.60. The van der Waals surface area contributed by atoms with Crippen molar-refractivity contribution >= 4 is 0 Å². The largest absolute Gasteiger partial charge is 0.504 e. The zero-order valence-electron chi connectivity index (χ0n) is 13.5. The van der Waals surface area contributed by atoms with E-state index in [1.165, 1.54) is 30.3 Å². The Morgan fingerprint density at radius 1 is 0.440 bits per heavy atom. The average molecular weight is 344 g/mol. The lowest BCUT2D eigenvalue weighted by Crippen LogP contribution is -1.72. The second kappa shape index (κ2) is 9.57. The van der Waals surface area contributed by atoms with Crippen LogP contribution in [-0.4, -0.2) is 30.6 Å². The molecule has 0 amide bonds. The second-order valence-electron chi connectivity index (χ2n) is 4.92. The van der Waals surface area contributed by atoms with Crippen LogP contribution in [0.1, 0.15) is 5.56 Å². The molecule has 0 aliphatic rings. The highest BCUT2D eigenvalue weighted by molar-refractivity contribution is 5.43. The molecule has 25 heavy (non-hydrogen) atoms. The normalized spacial score (nSPS) is 9.16. The molecule has 3 aromatic rings. The van der Waals surface area contributed by atoms with Gasteiger partial charge in [0.05, 0.1) is 0 Å². The first-order valence-electron chi connectivity index (χ1n) is 7.24. The molecule has 0 bridgehead atoms. The lowest BCUT2D eigenvalue weighted by atomic mass is 10.2. The van der Waals surface area contributed by atoms with Crippen LogP contribution in [0.4, 0.5) is 0 Å². The van der Waals surface area contributed by atoms with Crippen molar-refractivity contribution in [1.29, 1.82) is 0 Å². The van der Waals surface area contributed by atoms with E-state index in [1.54, 1.807) is 43.3 Å². The fourth-order valence-corrected chi connectivity index (χ4v) is 1.57. The highest BCUT2D eigenvalue weighted by Crippen LogP contribution is 2.26. The SMILES string of the molecule is Cc1cccc(O)c1O.Oc1ccccc1O.Oc1ccccc1O. The zero-order valence-corrected chi connectivity index (χ0v) is 13.5. The Hall–Kier alpha value is -3.54. The van der Waals surface area contributed by atoms with Crippen molar-refractivity contribution in [2.24, 2.45) is 0 Å². The predicted molar refractivity (Wildman–Crippen MR) is 94.1 cm³/mol. The van der Waals surface area contributed by atoms with E-state index in [4.69, 9.17) is 30.6 Å². The van der Waals surface area contributed by atoms with Gasteiger partial charge in [-0.05, 0) is 42.8 Å². The average Bonchev–Trinajstić information content (AvgIpc) is 2.59. The molecule has 6 heteroatoms. The lowest BCUT2D eigenvalue weighted by molar-refractivity contribution is 0.401. The smallest absolute Gasteiger partial charge is 0.160 e. The van der Waals surface area contributed by atoms with Crippen LogP contribution >= 0.6 is 0 Å². The molecule has 0 aliphatic heterocycles. The van der Waals surface area contributed by atoms with Crippen LogP contribution in [0.15, 0.2) is 66.7 Å². The van der Waals surface area contributed by atoms with Crippen molar-refractivity contribution in [3.8, 4) is 34.5 Å². The Labute approximate surface area is 145 Å². The van der Waals surface area contributed by atoms with Gasteiger partial charge in [0.25, 0.3) is 0 Å². The van der Waals surface area contributed by atoms with Gasteiger partial charge in [0.2, 0.25) is 0 Å². The maximum absolute atomic E-state index is 8.96. The third-order valence-electron chi connectivity index (χ3n) is 2.98. The summed E-state index contributed by atoms with van der Waals surface area (Å²) in [6.45, 7) is 1.73. The van der Waals surface area contributed by atoms with Crippen LogP contribution in [-0.2, 0) is 0 Å². The van der Waals surface area contributed by atoms with E-state index in [0.717, 1.165) is 0 Å². The van der Waals surface area contributed by atoms with Gasteiger partial charge in [0.15, 0.2) is 34.5 Å². The topological polar surface area (TPSA) is 121 Å². The third kappa shape index (κ3) is 6.62. The van der Waals surface area contributed by atoms with Crippen LogP contribution in [0, 0.1) is 6.92 Å². The van der Waals surface area contributed by atoms with Crippen LogP contribution in [0.2, 0.25) is 0 Å². The van der Waals surface area contributed by atoms with Crippen LogP contribution in [0.5, 0.6) is 34.5 Å². The van der Waals surface area contributed by atoms with Gasteiger partial charge < -0.3 is 30.6 Å². The summed E-state index contributed by atoms with van der Waals surface area (Å²) >= 11 is 0. The molecule has 0 radical (unpaired) electrons. The first-order chi connectivity index (χ1) is 11.8. The number of hydrogen-bond acceptors (Lipinski definition) is 6. The number of hydrogen-bond donors (Lipinski definition) is 6. The van der Waals surface area contributed by atoms with E-state index in [9.17, 15) is 0 Å². The van der Waals surface area contributed by atoms with E-state index < -0.39 is 0 Å². The minimum atomic E-state index is -0.0764. The van der Waals surface area contributed by atoms with E-state index in [1.807, 2.05) is 0 Å². The van der Waals surface area contributed by atoms with Crippen molar-refractivity contribution in [3.05, 3.63) is 72.3 Å². The summed E-state index contributed by atoms with van der Waals surface area (Å²) in [5.74, 6) is -0.396. The number of rotatable bonds is 0. The molecular formula is C19H20O6. The minimum Gasteiger partial charge on any atom is -0.504 e. The van der Waals surface area contributed by atoms with Gasteiger partial charge in [0.1, 0.15) is 0 Å². The molecule has 0 fully saturated rings. The van der Waals surface area contributed by atoms with Crippen molar-refractivity contribution in [2.75, 3.05) is 0 Å². The molecule has 3 aromatic carbocycles. The highest BCUT2D eigenvalue weighted by atomic mass is 16.3. The first-order valence-corrected chi connectivity index (χ1v) is 7.24. The number of aromatic hydroxyl groups is 6. The standard InChI is InChI=1S/C7H8O2.2C6H6O2/c1-5-3-2-4-6(8)7(5)9;2*7-5-3-1-2-4-6(5)8/h2-4,8-9H,1H3;2*1-4,7-8H. The Balaban J connectivity index is 0.000000188. The summed E-state index contributed by atoms with van der Waals surface area (Å²) in [5, 5.41) is 52.5. The molecule has 0 aromatic heterocycles. The summed E-state index contributed by atoms with van der Waals surface area (Å²) in [6, 6.07) is 17.2. The fourth-order valence-electron chi connectivity index (χ4n) is 1.57. The van der Waals surface area contributed by atoms with E-state index in [0.29, 0.717) is 5.56 Å². The van der Waals surface area contributed by atoms with Crippen molar-refractivity contribution in [3.63, 3.8) is 0 Å². The Bertz CT molecular complexity index is 696. The van der Waals surface area contributed by atoms with Gasteiger partial charge in [-0.25, -0.2) is 0 Å². The monoisotopic (exact) mass is 344 g/mol. The molecule has 132 valence electrons. The van der Waals surface area contributed by atoms with Gasteiger partial charge >= 0.3 is 0 Å². The maximum Gasteiger partial charge on any atom is 0.160 e. The van der Waals surface area contributed by atoms with Gasteiger partial charge in [0, 0.05) is 0 Å². The maximum atomic E-state index is 8.96. The number of benzene rings is 3. The Kier molecular flexibility index (Phi) is 7.46. The number of phenols is 6. The number of aryl methyl sites for hydroxylation is 1. The molecule has 0 atom stereocenters.